The van der Waals surface area contributed by atoms with Gasteiger partial charge in [-0.3, -0.25) is 19.3 Å². The number of benzene rings is 1. The first-order valence-electron chi connectivity index (χ1n) is 8.34. The number of hydrogen-bond acceptors (Lipinski definition) is 8. The molecular formula is C18H18BrNO7S. The average molecular weight is 472 g/mol. The standard InChI is InChI=1S/C18H18BrNO7S/c1-3-25-15(21)9-20-17(23)14(28-18(20)24)8-11-5-6-13(12(19)7-11)27-10-16(22)26-4-2/h5-8H,3-4,9-10H2,1-2H3/b14-8+. The highest BCUT2D eigenvalue weighted by molar-refractivity contribution is 9.10. The maximum Gasteiger partial charge on any atom is 0.344 e. The van der Waals surface area contributed by atoms with E-state index in [0.29, 0.717) is 15.8 Å². The second-order valence-corrected chi connectivity index (χ2v) is 7.20. The summed E-state index contributed by atoms with van der Waals surface area (Å²) < 4.78 is 15.5. The molecule has 10 heteroatoms. The molecule has 0 N–H and O–H groups in total. The summed E-state index contributed by atoms with van der Waals surface area (Å²) in [6, 6.07) is 4.97. The third kappa shape index (κ3) is 5.83. The van der Waals surface area contributed by atoms with E-state index in [1.54, 1.807) is 32.0 Å². The van der Waals surface area contributed by atoms with E-state index < -0.39 is 29.6 Å². The van der Waals surface area contributed by atoms with Crippen molar-refractivity contribution < 1.29 is 33.4 Å². The molecule has 0 atom stereocenters. The number of carbonyl (C=O) groups is 4. The second kappa shape index (κ2) is 10.3. The van der Waals surface area contributed by atoms with Crippen LogP contribution in [0.4, 0.5) is 4.79 Å². The maximum absolute atomic E-state index is 12.4. The lowest BCUT2D eigenvalue weighted by Crippen LogP contribution is -2.34. The molecule has 2 rings (SSSR count). The molecule has 1 fully saturated rings. The molecular weight excluding hydrogens is 454 g/mol. The Balaban J connectivity index is 2.07. The fourth-order valence-corrected chi connectivity index (χ4v) is 3.54. The predicted molar refractivity (Wildman–Crippen MR) is 106 cm³/mol. The monoisotopic (exact) mass is 471 g/mol. The average Bonchev–Trinajstić information content (AvgIpc) is 2.89. The van der Waals surface area contributed by atoms with Gasteiger partial charge in [-0.05, 0) is 65.3 Å². The van der Waals surface area contributed by atoms with Crippen LogP contribution in [0.5, 0.6) is 5.75 Å². The molecule has 1 aliphatic rings. The van der Waals surface area contributed by atoms with E-state index in [1.807, 2.05) is 0 Å². The van der Waals surface area contributed by atoms with Crippen LogP contribution in [0.25, 0.3) is 6.08 Å². The SMILES string of the molecule is CCOC(=O)COc1ccc(/C=C2/SC(=O)N(CC(=O)OCC)C2=O)cc1Br. The fraction of sp³-hybridized carbons (Fsp3) is 0.333. The summed E-state index contributed by atoms with van der Waals surface area (Å²) in [7, 11) is 0. The molecule has 8 nitrogen and oxygen atoms in total. The van der Waals surface area contributed by atoms with Gasteiger partial charge >= 0.3 is 11.9 Å². The second-order valence-electron chi connectivity index (χ2n) is 5.36. The Morgan fingerprint density at radius 3 is 2.46 bits per heavy atom. The smallest absolute Gasteiger partial charge is 0.344 e. The summed E-state index contributed by atoms with van der Waals surface area (Å²) in [5, 5.41) is -0.530. The highest BCUT2D eigenvalue weighted by atomic mass is 79.9. The molecule has 1 aliphatic heterocycles. The Bertz CT molecular complexity index is 824. The zero-order valence-corrected chi connectivity index (χ0v) is 17.6. The van der Waals surface area contributed by atoms with E-state index >= 15 is 0 Å². The summed E-state index contributed by atoms with van der Waals surface area (Å²) in [5.41, 5.74) is 0.636. The van der Waals surface area contributed by atoms with Crippen molar-refractivity contribution in [1.82, 2.24) is 4.90 Å². The van der Waals surface area contributed by atoms with Crippen molar-refractivity contribution >= 4 is 56.9 Å². The van der Waals surface area contributed by atoms with Gasteiger partial charge < -0.3 is 14.2 Å². The van der Waals surface area contributed by atoms with Gasteiger partial charge in [0.1, 0.15) is 12.3 Å². The van der Waals surface area contributed by atoms with Crippen LogP contribution in [0.2, 0.25) is 0 Å². The molecule has 2 amide bonds. The van der Waals surface area contributed by atoms with Gasteiger partial charge in [-0.1, -0.05) is 6.07 Å². The lowest BCUT2D eigenvalue weighted by Gasteiger charge is -2.10. The van der Waals surface area contributed by atoms with Crippen LogP contribution in [0.1, 0.15) is 19.4 Å². The molecule has 0 saturated carbocycles. The number of amides is 2. The van der Waals surface area contributed by atoms with Crippen LogP contribution in [0, 0.1) is 0 Å². The number of carbonyl (C=O) groups excluding carboxylic acids is 4. The number of halogens is 1. The molecule has 0 bridgehead atoms. The van der Waals surface area contributed by atoms with Gasteiger partial charge in [0.2, 0.25) is 0 Å². The Morgan fingerprint density at radius 2 is 1.82 bits per heavy atom. The third-order valence-corrected chi connectivity index (χ3v) is 4.90. The van der Waals surface area contributed by atoms with Crippen LogP contribution < -0.4 is 4.74 Å². The van der Waals surface area contributed by atoms with Gasteiger partial charge in [0.15, 0.2) is 6.61 Å². The van der Waals surface area contributed by atoms with Crippen molar-refractivity contribution in [3.8, 4) is 5.75 Å². The molecule has 1 saturated heterocycles. The number of hydrogen-bond donors (Lipinski definition) is 0. The van der Waals surface area contributed by atoms with Crippen molar-refractivity contribution in [2.24, 2.45) is 0 Å². The molecule has 0 spiro atoms. The summed E-state index contributed by atoms with van der Waals surface area (Å²) in [5.74, 6) is -1.24. The zero-order chi connectivity index (χ0) is 20.7. The highest BCUT2D eigenvalue weighted by Crippen LogP contribution is 2.33. The first-order valence-corrected chi connectivity index (χ1v) is 9.95. The number of rotatable bonds is 8. The minimum Gasteiger partial charge on any atom is -0.481 e. The summed E-state index contributed by atoms with van der Waals surface area (Å²) in [4.78, 5) is 48.3. The number of esters is 2. The Kier molecular flexibility index (Phi) is 8.06. The Morgan fingerprint density at radius 1 is 1.14 bits per heavy atom. The van der Waals surface area contributed by atoms with Gasteiger partial charge in [0.05, 0.1) is 22.6 Å². The minimum atomic E-state index is -0.642. The fourth-order valence-electron chi connectivity index (χ4n) is 2.19. The quantitative estimate of drug-likeness (QED) is 0.421. The maximum atomic E-state index is 12.4. The van der Waals surface area contributed by atoms with E-state index in [1.165, 1.54) is 6.08 Å². The van der Waals surface area contributed by atoms with Crippen molar-refractivity contribution in [1.29, 1.82) is 0 Å². The van der Waals surface area contributed by atoms with Gasteiger partial charge in [-0.2, -0.15) is 0 Å². The van der Waals surface area contributed by atoms with Gasteiger partial charge in [0.25, 0.3) is 11.1 Å². The van der Waals surface area contributed by atoms with Crippen molar-refractivity contribution in [2.75, 3.05) is 26.4 Å². The molecule has 0 unspecified atom stereocenters. The first-order chi connectivity index (χ1) is 13.3. The Hall–Kier alpha value is -2.33. The normalized spacial score (nSPS) is 15.1. The number of thioether (sulfide) groups is 1. The van der Waals surface area contributed by atoms with E-state index in [4.69, 9.17) is 14.2 Å². The zero-order valence-electron chi connectivity index (χ0n) is 15.2. The van der Waals surface area contributed by atoms with Crippen LogP contribution >= 0.6 is 27.7 Å². The van der Waals surface area contributed by atoms with E-state index in [0.717, 1.165) is 16.7 Å². The molecule has 0 aliphatic carbocycles. The largest absolute Gasteiger partial charge is 0.481 e. The first kappa shape index (κ1) is 22.0. The summed E-state index contributed by atoms with van der Waals surface area (Å²) in [6.07, 6.45) is 1.54. The van der Waals surface area contributed by atoms with E-state index in [9.17, 15) is 19.2 Å². The molecule has 1 aromatic carbocycles. The molecule has 1 aromatic rings. The third-order valence-electron chi connectivity index (χ3n) is 3.37. The van der Waals surface area contributed by atoms with Crippen LogP contribution in [-0.2, 0) is 23.9 Å². The van der Waals surface area contributed by atoms with Gasteiger partial charge in [-0.15, -0.1) is 0 Å². The van der Waals surface area contributed by atoms with Crippen LogP contribution in [-0.4, -0.2) is 54.4 Å². The predicted octanol–water partition coefficient (Wildman–Crippen LogP) is 2.99. The van der Waals surface area contributed by atoms with Gasteiger partial charge in [-0.25, -0.2) is 4.79 Å². The van der Waals surface area contributed by atoms with Crippen molar-refractivity contribution in [3.05, 3.63) is 33.1 Å². The molecule has 0 aromatic heterocycles. The minimum absolute atomic E-state index is 0.170. The van der Waals surface area contributed by atoms with E-state index in [2.05, 4.69) is 15.9 Å². The topological polar surface area (TPSA) is 99.2 Å². The van der Waals surface area contributed by atoms with Gasteiger partial charge in [0, 0.05) is 0 Å². The summed E-state index contributed by atoms with van der Waals surface area (Å²) in [6.45, 7) is 3.15. The van der Waals surface area contributed by atoms with Crippen molar-refractivity contribution in [3.63, 3.8) is 0 Å². The van der Waals surface area contributed by atoms with Crippen LogP contribution in [0.3, 0.4) is 0 Å². The number of nitrogens with zero attached hydrogens (tertiary/aromatic N) is 1. The molecule has 150 valence electrons. The Labute approximate surface area is 174 Å². The lowest BCUT2D eigenvalue weighted by molar-refractivity contribution is -0.146. The molecule has 28 heavy (non-hydrogen) atoms. The van der Waals surface area contributed by atoms with Crippen LogP contribution in [0.15, 0.2) is 27.6 Å². The number of imide groups is 1. The summed E-state index contributed by atoms with van der Waals surface area (Å²) >= 11 is 4.09. The highest BCUT2D eigenvalue weighted by Gasteiger charge is 2.36. The number of ether oxygens (including phenoxy) is 3. The van der Waals surface area contributed by atoms with Crippen molar-refractivity contribution in [2.45, 2.75) is 13.8 Å². The molecule has 1 heterocycles. The van der Waals surface area contributed by atoms with E-state index in [-0.39, 0.29) is 24.7 Å². The lowest BCUT2D eigenvalue weighted by atomic mass is 10.2. The molecule has 0 radical (unpaired) electrons.